The number of nitriles is 1. The lowest BCUT2D eigenvalue weighted by Gasteiger charge is -2.05. The van der Waals surface area contributed by atoms with Crippen molar-refractivity contribution in [2.45, 2.75) is 0 Å². The normalized spacial score (nSPS) is 9.78. The van der Waals surface area contributed by atoms with E-state index in [1.165, 1.54) is 12.1 Å². The number of halogens is 1. The Labute approximate surface area is 100 Å². The van der Waals surface area contributed by atoms with Gasteiger partial charge in [-0.15, -0.1) is 5.10 Å². The van der Waals surface area contributed by atoms with Gasteiger partial charge in [0.2, 0.25) is 11.8 Å². The van der Waals surface area contributed by atoms with E-state index in [0.717, 1.165) is 6.07 Å². The number of nitrogens with zero attached hydrogens (tertiary/aromatic N) is 3. The van der Waals surface area contributed by atoms with E-state index < -0.39 is 11.7 Å². The number of anilines is 2. The van der Waals surface area contributed by atoms with Gasteiger partial charge < -0.3 is 11.1 Å². The van der Waals surface area contributed by atoms with Crippen molar-refractivity contribution in [3.8, 4) is 6.07 Å². The number of benzene rings is 1. The minimum atomic E-state index is -0.715. The van der Waals surface area contributed by atoms with Gasteiger partial charge in [-0.05, 0) is 12.1 Å². The maximum Gasteiger partial charge on any atom is 0.293 e. The highest BCUT2D eigenvalue weighted by Crippen LogP contribution is 2.18. The van der Waals surface area contributed by atoms with Crippen LogP contribution in [0.2, 0.25) is 0 Å². The number of carbonyl (C=O) groups excluding carboxylic acids is 1. The Morgan fingerprint density at radius 2 is 2.33 bits per heavy atom. The number of aromatic nitrogens is 3. The second kappa shape index (κ2) is 4.50. The molecule has 1 amide bonds. The molecule has 1 aromatic heterocycles. The summed E-state index contributed by atoms with van der Waals surface area (Å²) in [4.78, 5) is 15.3. The van der Waals surface area contributed by atoms with Gasteiger partial charge in [0.05, 0.1) is 5.69 Å². The Morgan fingerprint density at radius 1 is 1.56 bits per heavy atom. The van der Waals surface area contributed by atoms with Crippen LogP contribution in [-0.2, 0) is 0 Å². The number of rotatable bonds is 2. The number of nitrogen functional groups attached to an aromatic ring is 1. The van der Waals surface area contributed by atoms with Crippen LogP contribution in [0.3, 0.4) is 0 Å². The molecule has 7 nitrogen and oxygen atoms in total. The quantitative estimate of drug-likeness (QED) is 0.718. The summed E-state index contributed by atoms with van der Waals surface area (Å²) >= 11 is 0. The molecule has 2 aromatic rings. The summed E-state index contributed by atoms with van der Waals surface area (Å²) in [5.74, 6) is -1.59. The summed E-state index contributed by atoms with van der Waals surface area (Å²) in [6.45, 7) is 0. The molecule has 0 saturated heterocycles. The first-order valence-corrected chi connectivity index (χ1v) is 4.79. The Morgan fingerprint density at radius 3 is 2.94 bits per heavy atom. The van der Waals surface area contributed by atoms with Crippen molar-refractivity contribution in [2.75, 3.05) is 11.1 Å². The van der Waals surface area contributed by atoms with E-state index in [2.05, 4.69) is 20.5 Å². The molecule has 1 heterocycles. The first kappa shape index (κ1) is 11.5. The summed E-state index contributed by atoms with van der Waals surface area (Å²) in [7, 11) is 0. The van der Waals surface area contributed by atoms with E-state index in [1.54, 1.807) is 6.07 Å². The first-order chi connectivity index (χ1) is 8.61. The Hall–Kier alpha value is -2.95. The zero-order valence-corrected chi connectivity index (χ0v) is 8.94. The molecule has 0 aliphatic rings. The van der Waals surface area contributed by atoms with Crippen LogP contribution >= 0.6 is 0 Å². The largest absolute Gasteiger partial charge is 0.366 e. The molecular weight excluding hydrogens is 239 g/mol. The first-order valence-electron chi connectivity index (χ1n) is 4.79. The monoisotopic (exact) mass is 246 g/mol. The molecule has 0 unspecified atom stereocenters. The maximum atomic E-state index is 13.3. The van der Waals surface area contributed by atoms with Crippen molar-refractivity contribution in [1.82, 2.24) is 15.2 Å². The molecule has 0 aliphatic heterocycles. The van der Waals surface area contributed by atoms with Gasteiger partial charge in [-0.1, -0.05) is 6.07 Å². The minimum Gasteiger partial charge on any atom is -0.366 e. The second-order valence-corrected chi connectivity index (χ2v) is 3.27. The Balaban J connectivity index is 2.28. The molecule has 2 rings (SSSR count). The lowest BCUT2D eigenvalue weighted by atomic mass is 10.2. The van der Waals surface area contributed by atoms with Gasteiger partial charge in [0.1, 0.15) is 17.4 Å². The molecule has 0 bridgehead atoms. The number of hydrogen-bond donors (Lipinski definition) is 3. The highest BCUT2D eigenvalue weighted by molar-refractivity contribution is 6.02. The SMILES string of the molecule is N#Cc1c(F)cccc1NC(=O)c1nc(N)n[nH]1. The van der Waals surface area contributed by atoms with Gasteiger partial charge in [-0.3, -0.25) is 9.89 Å². The summed E-state index contributed by atoms with van der Waals surface area (Å²) < 4.78 is 13.3. The van der Waals surface area contributed by atoms with Crippen LogP contribution in [0.1, 0.15) is 16.2 Å². The summed E-state index contributed by atoms with van der Waals surface area (Å²) in [5.41, 5.74) is 5.05. The van der Waals surface area contributed by atoms with Gasteiger partial charge in [0, 0.05) is 0 Å². The molecular formula is C10H7FN6O. The fourth-order valence-electron chi connectivity index (χ4n) is 1.30. The molecule has 18 heavy (non-hydrogen) atoms. The fourth-order valence-corrected chi connectivity index (χ4v) is 1.30. The van der Waals surface area contributed by atoms with E-state index in [-0.39, 0.29) is 23.0 Å². The van der Waals surface area contributed by atoms with Crippen LogP contribution in [0.4, 0.5) is 16.0 Å². The molecule has 0 spiro atoms. The molecule has 1 aromatic carbocycles. The van der Waals surface area contributed by atoms with Gasteiger partial charge in [0.25, 0.3) is 5.91 Å². The van der Waals surface area contributed by atoms with Gasteiger partial charge in [0.15, 0.2) is 0 Å². The number of aromatic amines is 1. The molecule has 0 fully saturated rings. The third-order valence-corrected chi connectivity index (χ3v) is 2.09. The van der Waals surface area contributed by atoms with Crippen molar-refractivity contribution in [1.29, 1.82) is 5.26 Å². The molecule has 0 saturated carbocycles. The Kier molecular flexibility index (Phi) is 2.89. The summed E-state index contributed by atoms with van der Waals surface area (Å²) in [5, 5.41) is 16.9. The van der Waals surface area contributed by atoms with Crippen LogP contribution in [0.25, 0.3) is 0 Å². The van der Waals surface area contributed by atoms with Gasteiger partial charge in [-0.2, -0.15) is 10.2 Å². The van der Waals surface area contributed by atoms with E-state index >= 15 is 0 Å². The number of hydrogen-bond acceptors (Lipinski definition) is 5. The summed E-state index contributed by atoms with van der Waals surface area (Å²) in [6, 6.07) is 5.57. The molecule has 8 heteroatoms. The standard InChI is InChI=1S/C10H7FN6O/c11-6-2-1-3-7(5(6)4-12)14-9(18)8-15-10(13)17-16-8/h1-3H,(H,14,18)(H3,13,15,16,17). The molecule has 4 N–H and O–H groups in total. The van der Waals surface area contributed by atoms with Crippen LogP contribution in [0, 0.1) is 17.1 Å². The maximum absolute atomic E-state index is 13.3. The van der Waals surface area contributed by atoms with E-state index in [0.29, 0.717) is 0 Å². The van der Waals surface area contributed by atoms with Crippen LogP contribution in [-0.4, -0.2) is 21.1 Å². The molecule has 0 aliphatic carbocycles. The second-order valence-electron chi connectivity index (χ2n) is 3.27. The smallest absolute Gasteiger partial charge is 0.293 e. The van der Waals surface area contributed by atoms with Crippen molar-refractivity contribution in [3.63, 3.8) is 0 Å². The van der Waals surface area contributed by atoms with Crippen molar-refractivity contribution in [2.24, 2.45) is 0 Å². The zero-order chi connectivity index (χ0) is 13.1. The third-order valence-electron chi connectivity index (χ3n) is 2.09. The number of nitrogens with two attached hydrogens (primary N) is 1. The van der Waals surface area contributed by atoms with Gasteiger partial charge in [-0.25, -0.2) is 4.39 Å². The third kappa shape index (κ3) is 2.10. The number of H-pyrrole nitrogens is 1. The average molecular weight is 246 g/mol. The topological polar surface area (TPSA) is 120 Å². The predicted octanol–water partition coefficient (Wildman–Crippen LogP) is 0.650. The van der Waals surface area contributed by atoms with Gasteiger partial charge >= 0.3 is 0 Å². The predicted molar refractivity (Wildman–Crippen MR) is 59.9 cm³/mol. The summed E-state index contributed by atoms with van der Waals surface area (Å²) in [6.07, 6.45) is 0. The van der Waals surface area contributed by atoms with Crippen LogP contribution in [0.5, 0.6) is 0 Å². The van der Waals surface area contributed by atoms with Crippen LogP contribution in [0.15, 0.2) is 18.2 Å². The van der Waals surface area contributed by atoms with E-state index in [1.807, 2.05) is 0 Å². The highest BCUT2D eigenvalue weighted by Gasteiger charge is 2.14. The average Bonchev–Trinajstić information content (AvgIpc) is 2.76. The number of amides is 1. The molecule has 0 radical (unpaired) electrons. The number of carbonyl (C=O) groups is 1. The Bertz CT molecular complexity index is 644. The molecule has 0 atom stereocenters. The van der Waals surface area contributed by atoms with Crippen molar-refractivity contribution >= 4 is 17.5 Å². The van der Waals surface area contributed by atoms with Crippen molar-refractivity contribution < 1.29 is 9.18 Å². The lowest BCUT2D eigenvalue weighted by Crippen LogP contribution is -2.15. The zero-order valence-electron chi connectivity index (χ0n) is 8.94. The van der Waals surface area contributed by atoms with E-state index in [9.17, 15) is 9.18 Å². The van der Waals surface area contributed by atoms with Crippen LogP contribution < -0.4 is 11.1 Å². The lowest BCUT2D eigenvalue weighted by molar-refractivity contribution is 0.101. The minimum absolute atomic E-state index is 0.0532. The fraction of sp³-hybridized carbons (Fsp3) is 0. The van der Waals surface area contributed by atoms with Crippen molar-refractivity contribution in [3.05, 3.63) is 35.4 Å². The highest BCUT2D eigenvalue weighted by atomic mass is 19.1. The molecule has 90 valence electrons. The number of nitrogens with one attached hydrogen (secondary N) is 2. The van der Waals surface area contributed by atoms with E-state index in [4.69, 9.17) is 11.0 Å².